The Bertz CT molecular complexity index is 381. The van der Waals surface area contributed by atoms with E-state index in [1.165, 1.54) is 0 Å². The second-order valence-corrected chi connectivity index (χ2v) is 3.81. The fourth-order valence-corrected chi connectivity index (χ4v) is 1.49. The molecule has 0 saturated heterocycles. The highest BCUT2D eigenvalue weighted by Crippen LogP contribution is 2.18. The Morgan fingerprint density at radius 2 is 2.00 bits per heavy atom. The topological polar surface area (TPSA) is 55.4 Å². The summed E-state index contributed by atoms with van der Waals surface area (Å²) in [6.07, 6.45) is 0.0435. The van der Waals surface area contributed by atoms with Gasteiger partial charge in [-0.15, -0.1) is 0 Å². The van der Waals surface area contributed by atoms with E-state index in [0.29, 0.717) is 19.4 Å². The number of nitrogens with one attached hydrogen (secondary N) is 1. The van der Waals surface area contributed by atoms with Gasteiger partial charge < -0.3 is 10.1 Å². The Balaban J connectivity index is 1.70. The smallest absolute Gasteiger partial charge is 0.407 e. The van der Waals surface area contributed by atoms with Gasteiger partial charge in [-0.1, -0.05) is 30.3 Å². The zero-order valence-corrected chi connectivity index (χ0v) is 8.81. The lowest BCUT2D eigenvalue weighted by Crippen LogP contribution is -2.37. The third-order valence-electron chi connectivity index (χ3n) is 2.46. The summed E-state index contributed by atoms with van der Waals surface area (Å²) in [5.41, 5.74) is 1.02. The molecule has 0 heterocycles. The standard InChI is InChI=1S/C12H13NO3/c14-10-6-11(7-10)16-12(15)13-8-9-4-2-1-3-5-9/h1-5,11H,6-8H2,(H,13,15). The Labute approximate surface area is 93.6 Å². The van der Waals surface area contributed by atoms with E-state index in [-0.39, 0.29) is 11.9 Å². The first-order valence-electron chi connectivity index (χ1n) is 5.24. The molecule has 1 saturated carbocycles. The molecule has 0 unspecified atom stereocenters. The second-order valence-electron chi connectivity index (χ2n) is 3.81. The lowest BCUT2D eigenvalue weighted by Gasteiger charge is -2.23. The normalized spacial score (nSPS) is 15.4. The number of benzene rings is 1. The molecule has 1 aliphatic carbocycles. The number of alkyl carbamates (subject to hydrolysis) is 1. The van der Waals surface area contributed by atoms with Gasteiger partial charge in [0.25, 0.3) is 0 Å². The first-order chi connectivity index (χ1) is 7.74. The van der Waals surface area contributed by atoms with E-state index in [2.05, 4.69) is 5.32 Å². The molecular formula is C12H13NO3. The largest absolute Gasteiger partial charge is 0.445 e. The predicted octanol–water partition coefficient (Wildman–Crippen LogP) is 1.64. The number of carbonyl (C=O) groups excluding carboxylic acids is 2. The van der Waals surface area contributed by atoms with Crippen LogP contribution in [-0.4, -0.2) is 18.0 Å². The molecule has 1 aliphatic rings. The van der Waals surface area contributed by atoms with Crippen LogP contribution in [0.3, 0.4) is 0 Å². The van der Waals surface area contributed by atoms with Crippen molar-refractivity contribution in [3.8, 4) is 0 Å². The van der Waals surface area contributed by atoms with Crippen LogP contribution in [0.5, 0.6) is 0 Å². The van der Waals surface area contributed by atoms with Crippen molar-refractivity contribution >= 4 is 11.9 Å². The fourth-order valence-electron chi connectivity index (χ4n) is 1.49. The van der Waals surface area contributed by atoms with Crippen molar-refractivity contribution in [3.63, 3.8) is 0 Å². The van der Waals surface area contributed by atoms with Crippen LogP contribution in [-0.2, 0) is 16.1 Å². The summed E-state index contributed by atoms with van der Waals surface area (Å²) in [5, 5.41) is 2.64. The van der Waals surface area contributed by atoms with Gasteiger partial charge in [0.2, 0.25) is 0 Å². The molecular weight excluding hydrogens is 206 g/mol. The van der Waals surface area contributed by atoms with Gasteiger partial charge in [0, 0.05) is 19.4 Å². The minimum Gasteiger partial charge on any atom is -0.445 e. The Morgan fingerprint density at radius 3 is 2.62 bits per heavy atom. The molecule has 0 aliphatic heterocycles. The first-order valence-corrected chi connectivity index (χ1v) is 5.24. The predicted molar refractivity (Wildman–Crippen MR) is 57.8 cm³/mol. The van der Waals surface area contributed by atoms with Gasteiger partial charge in [0.1, 0.15) is 11.9 Å². The maximum absolute atomic E-state index is 11.3. The Morgan fingerprint density at radius 1 is 1.31 bits per heavy atom. The lowest BCUT2D eigenvalue weighted by molar-refractivity contribution is -0.130. The van der Waals surface area contributed by atoms with Crippen LogP contribution in [0.1, 0.15) is 18.4 Å². The monoisotopic (exact) mass is 219 g/mol. The van der Waals surface area contributed by atoms with Crippen molar-refractivity contribution in [1.82, 2.24) is 5.32 Å². The van der Waals surface area contributed by atoms with Crippen molar-refractivity contribution in [1.29, 1.82) is 0 Å². The van der Waals surface area contributed by atoms with Crippen molar-refractivity contribution in [2.45, 2.75) is 25.5 Å². The van der Waals surface area contributed by atoms with Crippen LogP contribution in [0.25, 0.3) is 0 Å². The number of rotatable bonds is 3. The van der Waals surface area contributed by atoms with Gasteiger partial charge in [-0.25, -0.2) is 4.79 Å². The number of amides is 1. The van der Waals surface area contributed by atoms with Gasteiger partial charge in [0.15, 0.2) is 0 Å². The minimum atomic E-state index is -0.457. The van der Waals surface area contributed by atoms with Crippen molar-refractivity contribution in [2.75, 3.05) is 0 Å². The maximum Gasteiger partial charge on any atom is 0.407 e. The van der Waals surface area contributed by atoms with E-state index in [0.717, 1.165) is 5.56 Å². The van der Waals surface area contributed by atoms with E-state index < -0.39 is 6.09 Å². The van der Waals surface area contributed by atoms with E-state index in [1.807, 2.05) is 30.3 Å². The molecule has 16 heavy (non-hydrogen) atoms. The van der Waals surface area contributed by atoms with Gasteiger partial charge in [-0.05, 0) is 5.56 Å². The summed E-state index contributed by atoms with van der Waals surface area (Å²) in [6.45, 7) is 0.445. The average Bonchev–Trinajstić information content (AvgIpc) is 2.26. The highest BCUT2D eigenvalue weighted by molar-refractivity contribution is 5.86. The molecule has 4 nitrogen and oxygen atoms in total. The molecule has 0 aromatic heterocycles. The Kier molecular flexibility index (Phi) is 3.19. The molecule has 1 aromatic rings. The van der Waals surface area contributed by atoms with E-state index in [9.17, 15) is 9.59 Å². The van der Waals surface area contributed by atoms with Crippen LogP contribution in [0.15, 0.2) is 30.3 Å². The zero-order chi connectivity index (χ0) is 11.4. The van der Waals surface area contributed by atoms with E-state index in [1.54, 1.807) is 0 Å². The fraction of sp³-hybridized carbons (Fsp3) is 0.333. The highest BCUT2D eigenvalue weighted by atomic mass is 16.6. The first kappa shape index (κ1) is 10.7. The third kappa shape index (κ3) is 2.82. The number of Topliss-reactive ketones (excluding diaryl/α,β-unsaturated/α-hetero) is 1. The molecule has 0 radical (unpaired) electrons. The SMILES string of the molecule is O=C1CC(OC(=O)NCc2ccccc2)C1. The van der Waals surface area contributed by atoms with Crippen LogP contribution in [0.4, 0.5) is 4.79 Å². The minimum absolute atomic E-state index is 0.154. The van der Waals surface area contributed by atoms with E-state index >= 15 is 0 Å². The van der Waals surface area contributed by atoms with Crippen molar-refractivity contribution < 1.29 is 14.3 Å². The summed E-state index contributed by atoms with van der Waals surface area (Å²) >= 11 is 0. The van der Waals surface area contributed by atoms with Gasteiger partial charge in [0.05, 0.1) is 0 Å². The number of carbonyl (C=O) groups is 2. The van der Waals surface area contributed by atoms with Crippen molar-refractivity contribution in [2.24, 2.45) is 0 Å². The molecule has 2 rings (SSSR count). The second kappa shape index (κ2) is 4.79. The molecule has 0 bridgehead atoms. The molecule has 1 N–H and O–H groups in total. The molecule has 84 valence electrons. The molecule has 0 atom stereocenters. The quantitative estimate of drug-likeness (QED) is 0.840. The number of hydrogen-bond donors (Lipinski definition) is 1. The van der Waals surface area contributed by atoms with Crippen LogP contribution in [0.2, 0.25) is 0 Å². The summed E-state index contributed by atoms with van der Waals surface area (Å²) in [5.74, 6) is 0.154. The number of hydrogen-bond acceptors (Lipinski definition) is 3. The highest BCUT2D eigenvalue weighted by Gasteiger charge is 2.29. The van der Waals surface area contributed by atoms with E-state index in [4.69, 9.17) is 4.74 Å². The molecule has 4 heteroatoms. The van der Waals surface area contributed by atoms with Gasteiger partial charge >= 0.3 is 6.09 Å². The number of ketones is 1. The number of ether oxygens (including phenoxy) is 1. The summed E-state index contributed by atoms with van der Waals surface area (Å²) in [6, 6.07) is 9.59. The maximum atomic E-state index is 11.3. The summed E-state index contributed by atoms with van der Waals surface area (Å²) in [7, 11) is 0. The molecule has 0 spiro atoms. The van der Waals surface area contributed by atoms with Gasteiger partial charge in [-0.2, -0.15) is 0 Å². The van der Waals surface area contributed by atoms with Crippen LogP contribution < -0.4 is 5.32 Å². The average molecular weight is 219 g/mol. The summed E-state index contributed by atoms with van der Waals surface area (Å²) in [4.78, 5) is 21.9. The lowest BCUT2D eigenvalue weighted by atomic mass is 9.94. The van der Waals surface area contributed by atoms with Gasteiger partial charge in [-0.3, -0.25) is 4.79 Å². The molecule has 1 amide bonds. The van der Waals surface area contributed by atoms with Crippen LogP contribution in [0, 0.1) is 0 Å². The zero-order valence-electron chi connectivity index (χ0n) is 8.81. The Hall–Kier alpha value is -1.84. The van der Waals surface area contributed by atoms with Crippen LogP contribution >= 0.6 is 0 Å². The molecule has 1 fully saturated rings. The third-order valence-corrected chi connectivity index (χ3v) is 2.46. The summed E-state index contributed by atoms with van der Waals surface area (Å²) < 4.78 is 5.01. The molecule has 1 aromatic carbocycles. The van der Waals surface area contributed by atoms with Crippen molar-refractivity contribution in [3.05, 3.63) is 35.9 Å².